The SMILES string of the molecule is O=C(c1ccco1)N1CCOCC1(C(=O)c1cccnc1)C(=O)c1cccs1. The minimum absolute atomic E-state index is 0.0595. The molecule has 0 spiro atoms. The standard InChI is InChI=1S/C20H16N2O5S/c23-17(14-4-1-7-21-12-14)20(18(24)16-6-3-11-28-16)13-26-10-8-22(20)19(25)15-5-2-9-27-15/h1-7,9,11-12H,8,10,13H2. The number of ether oxygens (including phenoxy) is 1. The maximum atomic E-state index is 13.6. The summed E-state index contributed by atoms with van der Waals surface area (Å²) in [4.78, 5) is 45.9. The van der Waals surface area contributed by atoms with E-state index in [-0.39, 0.29) is 31.1 Å². The summed E-state index contributed by atoms with van der Waals surface area (Å²) >= 11 is 1.21. The molecule has 8 heteroatoms. The number of hydrogen-bond donors (Lipinski definition) is 0. The van der Waals surface area contributed by atoms with Crippen molar-refractivity contribution in [2.75, 3.05) is 19.8 Å². The molecule has 142 valence electrons. The molecule has 3 aromatic rings. The summed E-state index contributed by atoms with van der Waals surface area (Å²) in [6.45, 7) is 0.0683. The van der Waals surface area contributed by atoms with Crippen molar-refractivity contribution in [3.63, 3.8) is 0 Å². The van der Waals surface area contributed by atoms with E-state index in [1.54, 1.807) is 35.7 Å². The van der Waals surface area contributed by atoms with Crippen molar-refractivity contribution < 1.29 is 23.5 Å². The van der Waals surface area contributed by atoms with Crippen molar-refractivity contribution >= 4 is 28.8 Å². The van der Waals surface area contributed by atoms with E-state index in [2.05, 4.69) is 4.98 Å². The zero-order chi connectivity index (χ0) is 19.6. The van der Waals surface area contributed by atoms with Crippen molar-refractivity contribution in [1.82, 2.24) is 9.88 Å². The number of rotatable bonds is 5. The summed E-state index contributed by atoms with van der Waals surface area (Å²) in [6, 6.07) is 9.63. The van der Waals surface area contributed by atoms with E-state index in [4.69, 9.17) is 9.15 Å². The number of Topliss-reactive ketones (excluding diaryl/α,β-unsaturated/α-hetero) is 2. The van der Waals surface area contributed by atoms with Crippen LogP contribution in [0, 0.1) is 0 Å². The predicted molar refractivity (Wildman–Crippen MR) is 101 cm³/mol. The number of morpholine rings is 1. The maximum absolute atomic E-state index is 13.6. The van der Waals surface area contributed by atoms with Crippen LogP contribution in [0.3, 0.4) is 0 Å². The molecular weight excluding hydrogens is 380 g/mol. The number of nitrogens with zero attached hydrogens (tertiary/aromatic N) is 2. The van der Waals surface area contributed by atoms with E-state index in [1.165, 1.54) is 41.0 Å². The second-order valence-corrected chi connectivity index (χ2v) is 7.17. The molecule has 0 N–H and O–H groups in total. The molecule has 4 rings (SSSR count). The first-order valence-corrected chi connectivity index (χ1v) is 9.49. The summed E-state index contributed by atoms with van der Waals surface area (Å²) in [5.41, 5.74) is -1.59. The van der Waals surface area contributed by atoms with E-state index >= 15 is 0 Å². The molecule has 28 heavy (non-hydrogen) atoms. The smallest absolute Gasteiger partial charge is 0.290 e. The lowest BCUT2D eigenvalue weighted by Gasteiger charge is -2.43. The number of amides is 1. The van der Waals surface area contributed by atoms with E-state index in [0.717, 1.165) is 0 Å². The van der Waals surface area contributed by atoms with Crippen LogP contribution in [0.25, 0.3) is 0 Å². The third kappa shape index (κ3) is 2.96. The Morgan fingerprint density at radius 2 is 2.00 bits per heavy atom. The molecule has 1 amide bonds. The number of pyridine rings is 1. The fourth-order valence-electron chi connectivity index (χ4n) is 3.28. The Morgan fingerprint density at radius 1 is 1.11 bits per heavy atom. The maximum Gasteiger partial charge on any atom is 0.290 e. The number of carbonyl (C=O) groups is 3. The molecule has 0 aromatic carbocycles. The highest BCUT2D eigenvalue weighted by Gasteiger charge is 2.55. The van der Waals surface area contributed by atoms with Gasteiger partial charge in [0, 0.05) is 24.5 Å². The number of hydrogen-bond acceptors (Lipinski definition) is 7. The lowest BCUT2D eigenvalue weighted by molar-refractivity contribution is -0.0310. The quantitative estimate of drug-likeness (QED) is 0.487. The Bertz CT molecular complexity index is 985. The Labute approximate surface area is 164 Å². The molecule has 1 aliphatic heterocycles. The average Bonchev–Trinajstić information content (AvgIpc) is 3.47. The minimum atomic E-state index is -1.82. The fraction of sp³-hybridized carbons (Fsp3) is 0.200. The second-order valence-electron chi connectivity index (χ2n) is 6.22. The van der Waals surface area contributed by atoms with Gasteiger partial charge in [-0.05, 0) is 35.7 Å². The van der Waals surface area contributed by atoms with Gasteiger partial charge in [-0.2, -0.15) is 0 Å². The molecule has 0 bridgehead atoms. The van der Waals surface area contributed by atoms with Crippen LogP contribution in [-0.4, -0.2) is 52.7 Å². The number of ketones is 2. The molecule has 4 heterocycles. The van der Waals surface area contributed by atoms with E-state index < -0.39 is 23.0 Å². The summed E-state index contributed by atoms with van der Waals surface area (Å²) in [5, 5.41) is 1.75. The molecule has 1 saturated heterocycles. The molecule has 1 atom stereocenters. The molecule has 0 aliphatic carbocycles. The molecule has 0 radical (unpaired) electrons. The summed E-state index contributed by atoms with van der Waals surface area (Å²) in [5.74, 6) is -1.48. The third-order valence-electron chi connectivity index (χ3n) is 4.63. The normalized spacial score (nSPS) is 19.4. The Kier molecular flexibility index (Phi) is 4.89. The van der Waals surface area contributed by atoms with Crippen molar-refractivity contribution in [3.05, 3.63) is 76.6 Å². The van der Waals surface area contributed by atoms with Gasteiger partial charge in [0.15, 0.2) is 11.3 Å². The van der Waals surface area contributed by atoms with Crippen molar-refractivity contribution in [1.29, 1.82) is 0 Å². The van der Waals surface area contributed by atoms with Crippen LogP contribution in [0.4, 0.5) is 0 Å². The molecular formula is C20H16N2O5S. The highest BCUT2D eigenvalue weighted by molar-refractivity contribution is 7.12. The largest absolute Gasteiger partial charge is 0.459 e. The van der Waals surface area contributed by atoms with Gasteiger partial charge in [0.1, 0.15) is 0 Å². The number of carbonyl (C=O) groups excluding carboxylic acids is 3. The highest BCUT2D eigenvalue weighted by Crippen LogP contribution is 2.32. The summed E-state index contributed by atoms with van der Waals surface area (Å²) in [6.07, 6.45) is 4.29. The van der Waals surface area contributed by atoms with Gasteiger partial charge >= 0.3 is 0 Å². The molecule has 1 unspecified atom stereocenters. The number of thiophene rings is 1. The highest BCUT2D eigenvalue weighted by atomic mass is 32.1. The van der Waals surface area contributed by atoms with Gasteiger partial charge in [0.25, 0.3) is 5.91 Å². The number of aromatic nitrogens is 1. The van der Waals surface area contributed by atoms with Gasteiger partial charge in [-0.3, -0.25) is 19.4 Å². The topological polar surface area (TPSA) is 89.7 Å². The van der Waals surface area contributed by atoms with Gasteiger partial charge in [-0.25, -0.2) is 0 Å². The summed E-state index contributed by atoms with van der Waals surface area (Å²) in [7, 11) is 0. The minimum Gasteiger partial charge on any atom is -0.459 e. The zero-order valence-electron chi connectivity index (χ0n) is 14.7. The van der Waals surface area contributed by atoms with Gasteiger partial charge in [-0.15, -0.1) is 11.3 Å². The first-order valence-electron chi connectivity index (χ1n) is 8.61. The summed E-state index contributed by atoms with van der Waals surface area (Å²) < 4.78 is 10.8. The van der Waals surface area contributed by atoms with E-state index in [9.17, 15) is 14.4 Å². The predicted octanol–water partition coefficient (Wildman–Crippen LogP) is 2.71. The lowest BCUT2D eigenvalue weighted by atomic mass is 9.82. The molecule has 3 aromatic heterocycles. The van der Waals surface area contributed by atoms with Gasteiger partial charge < -0.3 is 14.1 Å². The fourth-order valence-corrected chi connectivity index (χ4v) is 4.02. The van der Waals surface area contributed by atoms with Crippen molar-refractivity contribution in [3.8, 4) is 0 Å². The van der Waals surface area contributed by atoms with Crippen LogP contribution in [0.2, 0.25) is 0 Å². The van der Waals surface area contributed by atoms with E-state index in [0.29, 0.717) is 4.88 Å². The third-order valence-corrected chi connectivity index (χ3v) is 5.50. The average molecular weight is 396 g/mol. The van der Waals surface area contributed by atoms with Crippen LogP contribution >= 0.6 is 11.3 Å². The zero-order valence-corrected chi connectivity index (χ0v) is 15.6. The van der Waals surface area contributed by atoms with Crippen LogP contribution in [0.15, 0.2) is 64.9 Å². The van der Waals surface area contributed by atoms with E-state index in [1.807, 2.05) is 0 Å². The second kappa shape index (κ2) is 7.49. The molecule has 7 nitrogen and oxygen atoms in total. The number of furan rings is 1. The van der Waals surface area contributed by atoms with Crippen LogP contribution in [-0.2, 0) is 4.74 Å². The Morgan fingerprint density at radius 3 is 2.68 bits per heavy atom. The van der Waals surface area contributed by atoms with Gasteiger partial charge in [-0.1, -0.05) is 6.07 Å². The monoisotopic (exact) mass is 396 g/mol. The molecule has 1 aliphatic rings. The van der Waals surface area contributed by atoms with Crippen LogP contribution in [0.1, 0.15) is 30.6 Å². The van der Waals surface area contributed by atoms with Crippen molar-refractivity contribution in [2.24, 2.45) is 0 Å². The van der Waals surface area contributed by atoms with Gasteiger partial charge in [0.05, 0.1) is 24.4 Å². The van der Waals surface area contributed by atoms with Crippen molar-refractivity contribution in [2.45, 2.75) is 5.54 Å². The van der Waals surface area contributed by atoms with Gasteiger partial charge in [0.2, 0.25) is 11.6 Å². The lowest BCUT2D eigenvalue weighted by Crippen LogP contribution is -2.67. The first-order chi connectivity index (χ1) is 13.6. The molecule has 0 saturated carbocycles. The first kappa shape index (κ1) is 18.3. The molecule has 1 fully saturated rings. The Hall–Kier alpha value is -3.10. The van der Waals surface area contributed by atoms with Crippen LogP contribution in [0.5, 0.6) is 0 Å². The Balaban J connectivity index is 1.86. The van der Waals surface area contributed by atoms with Crippen LogP contribution < -0.4 is 0 Å².